The number of anilines is 1. The molecule has 9 rings (SSSR count). The molecule has 0 unspecified atom stereocenters. The summed E-state index contributed by atoms with van der Waals surface area (Å²) in [5.41, 5.74) is 5.32. The lowest BCUT2D eigenvalue weighted by atomic mass is 9.47. The number of carbonyl (C=O) groups excluding carboxylic acids is 2. The molecule has 0 saturated carbocycles. The van der Waals surface area contributed by atoms with E-state index in [0.717, 1.165) is 38.6 Å². The second kappa shape index (κ2) is 8.59. The number of amides is 2. The fourth-order valence-corrected chi connectivity index (χ4v) is 7.57. The van der Waals surface area contributed by atoms with Gasteiger partial charge in [0.05, 0.1) is 29.5 Å². The Morgan fingerprint density at radius 1 is 0.675 bits per heavy atom. The Morgan fingerprint density at radius 3 is 2.05 bits per heavy atom. The minimum atomic E-state index is -0.840. The van der Waals surface area contributed by atoms with Gasteiger partial charge < -0.3 is 0 Å². The number of aliphatic imine (C=N–C) groups is 1. The van der Waals surface area contributed by atoms with Gasteiger partial charge in [-0.2, -0.15) is 0 Å². The monoisotopic (exact) mass is 518 g/mol. The van der Waals surface area contributed by atoms with Crippen LogP contribution in [0.25, 0.3) is 10.8 Å². The Morgan fingerprint density at radius 2 is 1.30 bits per heavy atom. The van der Waals surface area contributed by atoms with Gasteiger partial charge in [0.2, 0.25) is 11.8 Å². The smallest absolute Gasteiger partial charge is 0.239 e. The Kier molecular flexibility index (Phi) is 4.96. The lowest BCUT2D eigenvalue weighted by Crippen LogP contribution is -2.54. The van der Waals surface area contributed by atoms with Crippen molar-refractivity contribution in [3.8, 4) is 0 Å². The van der Waals surface area contributed by atoms with Gasteiger partial charge in [0.25, 0.3) is 0 Å². The summed E-state index contributed by atoms with van der Waals surface area (Å²) >= 11 is 0. The first-order valence-corrected chi connectivity index (χ1v) is 13.8. The molecule has 192 valence electrons. The molecule has 0 radical (unpaired) electrons. The van der Waals surface area contributed by atoms with Crippen LogP contribution in [0.4, 0.5) is 5.69 Å². The summed E-state index contributed by atoms with van der Waals surface area (Å²) in [7, 11) is 0. The average molecular weight is 519 g/mol. The highest BCUT2D eigenvalue weighted by atomic mass is 16.2. The first-order valence-electron chi connectivity index (χ1n) is 13.8. The summed E-state index contributed by atoms with van der Waals surface area (Å²) in [5, 5.41) is 1.91. The zero-order valence-corrected chi connectivity index (χ0v) is 21.8. The van der Waals surface area contributed by atoms with Crippen molar-refractivity contribution in [1.29, 1.82) is 0 Å². The fourth-order valence-electron chi connectivity index (χ4n) is 7.57. The number of nitrogens with zero attached hydrogens (tertiary/aromatic N) is 2. The number of imide groups is 1. The molecule has 1 aliphatic heterocycles. The molecule has 5 aromatic carbocycles. The molecule has 4 nitrogen and oxygen atoms in total. The first kappa shape index (κ1) is 23.1. The molecule has 1 heterocycles. The number of carbonyl (C=O) groups is 2. The van der Waals surface area contributed by atoms with Crippen LogP contribution in [0.15, 0.2) is 126 Å². The summed E-state index contributed by atoms with van der Waals surface area (Å²) in [6, 6.07) is 40.6. The van der Waals surface area contributed by atoms with Gasteiger partial charge in [-0.3, -0.25) is 14.6 Å². The third-order valence-electron chi connectivity index (χ3n) is 9.10. The summed E-state index contributed by atoms with van der Waals surface area (Å²) in [5.74, 6) is -1.53. The van der Waals surface area contributed by atoms with Crippen LogP contribution in [0.2, 0.25) is 0 Å². The van der Waals surface area contributed by atoms with Crippen molar-refractivity contribution in [3.05, 3.63) is 149 Å². The van der Waals surface area contributed by atoms with E-state index in [4.69, 9.17) is 4.99 Å². The molecule has 1 fully saturated rings. The largest absolute Gasteiger partial charge is 0.291 e. The number of hydrogen-bond donors (Lipinski definition) is 0. The SMILES string of the molecule is O=C1[C@H]2C3c4ccccc4C(C=NCc4ccccc4)(c4ccccc43)[C@H]2C(=O)N1c1cccc2ccccc12. The van der Waals surface area contributed by atoms with Gasteiger partial charge in [-0.05, 0) is 39.3 Å². The Hall–Kier alpha value is -4.83. The lowest BCUT2D eigenvalue weighted by molar-refractivity contribution is -0.122. The van der Waals surface area contributed by atoms with Crippen LogP contribution >= 0.6 is 0 Å². The van der Waals surface area contributed by atoms with Gasteiger partial charge in [-0.25, -0.2) is 4.90 Å². The van der Waals surface area contributed by atoms with Crippen molar-refractivity contribution >= 4 is 34.5 Å². The Balaban J connectivity index is 1.36. The Labute approximate surface area is 232 Å². The quantitative estimate of drug-likeness (QED) is 0.197. The van der Waals surface area contributed by atoms with Crippen LogP contribution in [0.3, 0.4) is 0 Å². The maximum absolute atomic E-state index is 14.7. The molecule has 3 aliphatic carbocycles. The number of benzene rings is 5. The molecule has 4 aliphatic rings. The summed E-state index contributed by atoms with van der Waals surface area (Å²) in [6.07, 6.45) is 1.99. The van der Waals surface area contributed by atoms with E-state index < -0.39 is 17.3 Å². The van der Waals surface area contributed by atoms with Crippen molar-refractivity contribution in [2.75, 3.05) is 4.90 Å². The summed E-state index contributed by atoms with van der Waals surface area (Å²) < 4.78 is 0. The van der Waals surface area contributed by atoms with Gasteiger partial charge in [0.15, 0.2) is 0 Å². The van der Waals surface area contributed by atoms with Crippen molar-refractivity contribution in [1.82, 2.24) is 0 Å². The molecule has 0 spiro atoms. The van der Waals surface area contributed by atoms with Crippen LogP contribution in [0.1, 0.15) is 33.7 Å². The third kappa shape index (κ3) is 2.99. The maximum atomic E-state index is 14.7. The highest BCUT2D eigenvalue weighted by Gasteiger charge is 2.68. The second-order valence-corrected chi connectivity index (χ2v) is 11.0. The van der Waals surface area contributed by atoms with E-state index in [9.17, 15) is 9.59 Å². The van der Waals surface area contributed by atoms with E-state index in [1.165, 1.54) is 4.90 Å². The molecule has 2 atom stereocenters. The highest BCUT2D eigenvalue weighted by molar-refractivity contribution is 6.27. The molecule has 2 amide bonds. The fraction of sp³-hybridized carbons (Fsp3) is 0.139. The molecule has 5 aromatic rings. The van der Waals surface area contributed by atoms with Crippen LogP contribution in [0, 0.1) is 11.8 Å². The van der Waals surface area contributed by atoms with Crippen LogP contribution in [-0.4, -0.2) is 18.0 Å². The number of rotatable bonds is 4. The molecular formula is C36H26N2O2. The van der Waals surface area contributed by atoms with E-state index >= 15 is 0 Å². The van der Waals surface area contributed by atoms with E-state index in [0.29, 0.717) is 12.2 Å². The van der Waals surface area contributed by atoms with Crippen molar-refractivity contribution in [2.45, 2.75) is 17.9 Å². The summed E-state index contributed by atoms with van der Waals surface area (Å²) in [6.45, 7) is 0.503. The molecule has 4 heteroatoms. The predicted molar refractivity (Wildman–Crippen MR) is 158 cm³/mol. The molecule has 40 heavy (non-hydrogen) atoms. The van der Waals surface area contributed by atoms with E-state index in [-0.39, 0.29) is 17.7 Å². The van der Waals surface area contributed by atoms with Crippen molar-refractivity contribution < 1.29 is 9.59 Å². The first-order chi connectivity index (χ1) is 19.7. The van der Waals surface area contributed by atoms with Crippen molar-refractivity contribution in [2.24, 2.45) is 16.8 Å². The van der Waals surface area contributed by atoms with Crippen LogP contribution in [-0.2, 0) is 21.5 Å². The second-order valence-electron chi connectivity index (χ2n) is 11.0. The molecule has 2 bridgehead atoms. The van der Waals surface area contributed by atoms with Gasteiger partial charge in [0.1, 0.15) is 0 Å². The standard InChI is InChI=1S/C36H26N2O2/c39-34-32-31-26-16-6-8-18-28(26)36(29-19-9-7-17-27(29)31,22-37-21-23-11-2-1-3-12-23)33(32)35(40)38(34)30-20-10-14-24-13-4-5-15-25(24)30/h1-20,22,31-33H,21H2/t31?,32-,33+,36?/m0/s1. The zero-order chi connectivity index (χ0) is 26.8. The predicted octanol–water partition coefficient (Wildman–Crippen LogP) is 6.66. The normalized spacial score (nSPS) is 24.4. The van der Waals surface area contributed by atoms with Gasteiger partial charge in [0, 0.05) is 17.5 Å². The lowest BCUT2D eigenvalue weighted by Gasteiger charge is -2.52. The van der Waals surface area contributed by atoms with Crippen LogP contribution in [0.5, 0.6) is 0 Å². The van der Waals surface area contributed by atoms with Gasteiger partial charge >= 0.3 is 0 Å². The third-order valence-corrected chi connectivity index (χ3v) is 9.10. The number of hydrogen-bond acceptors (Lipinski definition) is 3. The molecule has 1 saturated heterocycles. The molecule has 0 aromatic heterocycles. The average Bonchev–Trinajstić information content (AvgIpc) is 3.28. The molecular weight excluding hydrogens is 492 g/mol. The maximum Gasteiger partial charge on any atom is 0.239 e. The molecule has 0 N–H and O–H groups in total. The Bertz CT molecular complexity index is 1810. The minimum Gasteiger partial charge on any atom is -0.291 e. The van der Waals surface area contributed by atoms with E-state index in [1.807, 2.05) is 91.1 Å². The highest BCUT2D eigenvalue weighted by Crippen LogP contribution is 2.63. The van der Waals surface area contributed by atoms with Gasteiger partial charge in [-0.15, -0.1) is 0 Å². The van der Waals surface area contributed by atoms with E-state index in [1.54, 1.807) is 0 Å². The summed E-state index contributed by atoms with van der Waals surface area (Å²) in [4.78, 5) is 35.7. The zero-order valence-electron chi connectivity index (χ0n) is 21.8. The van der Waals surface area contributed by atoms with Crippen LogP contribution < -0.4 is 4.90 Å². The van der Waals surface area contributed by atoms with Gasteiger partial charge in [-0.1, -0.05) is 115 Å². The minimum absolute atomic E-state index is 0.124. The number of fused-ring (bicyclic) bond motifs is 1. The van der Waals surface area contributed by atoms with E-state index in [2.05, 4.69) is 36.4 Å². The topological polar surface area (TPSA) is 49.7 Å². The van der Waals surface area contributed by atoms with Crippen molar-refractivity contribution in [3.63, 3.8) is 0 Å².